The van der Waals surface area contributed by atoms with Crippen molar-refractivity contribution in [1.29, 1.82) is 0 Å². The van der Waals surface area contributed by atoms with E-state index in [1.165, 1.54) is 0 Å². The van der Waals surface area contributed by atoms with Crippen LogP contribution < -0.4 is 11.3 Å². The quantitative estimate of drug-likeness (QED) is 0.263. The predicted molar refractivity (Wildman–Crippen MR) is 131 cm³/mol. The number of hydrazine groups is 1. The minimum Gasteiger partial charge on any atom is -0.306 e. The molecule has 10 heteroatoms. The van der Waals surface area contributed by atoms with E-state index >= 15 is 0 Å². The van der Waals surface area contributed by atoms with Crippen LogP contribution >= 0.6 is 23.2 Å². The van der Waals surface area contributed by atoms with E-state index in [0.29, 0.717) is 16.6 Å². The fourth-order valence-corrected chi connectivity index (χ4v) is 3.80. The topological polar surface area (TPSA) is 107 Å². The van der Waals surface area contributed by atoms with Gasteiger partial charge in [-0.05, 0) is 24.3 Å². The van der Waals surface area contributed by atoms with E-state index in [1.807, 2.05) is 83.3 Å². The Balaban J connectivity index is 0.000000152. The molecule has 6 aromatic rings. The van der Waals surface area contributed by atoms with Gasteiger partial charge in [0.2, 0.25) is 0 Å². The molecule has 0 radical (unpaired) electrons. The number of nitrogen functional groups attached to an aromatic ring is 1. The van der Waals surface area contributed by atoms with Gasteiger partial charge in [-0.2, -0.15) is 0 Å². The number of fused-ring (bicyclic) bond motifs is 4. The molecule has 0 amide bonds. The molecule has 0 aliphatic carbocycles. The highest BCUT2D eigenvalue weighted by Gasteiger charge is 2.14. The SMILES string of the molecule is Clc1nc2ccccc2n2c(-c3ccccc3)nnc12.NNc1nc2ccccc2nc1Cl. The molecule has 0 bridgehead atoms. The molecule has 162 valence electrons. The number of benzene rings is 3. The summed E-state index contributed by atoms with van der Waals surface area (Å²) in [6, 6.07) is 25.2. The van der Waals surface area contributed by atoms with Crippen LogP contribution in [0.5, 0.6) is 0 Å². The van der Waals surface area contributed by atoms with Crippen molar-refractivity contribution in [2.75, 3.05) is 5.43 Å². The van der Waals surface area contributed by atoms with Gasteiger partial charge in [0.05, 0.1) is 22.1 Å². The van der Waals surface area contributed by atoms with Crippen molar-refractivity contribution in [3.05, 3.63) is 89.2 Å². The second kappa shape index (κ2) is 8.95. The molecule has 0 fully saturated rings. The summed E-state index contributed by atoms with van der Waals surface area (Å²) in [7, 11) is 0. The van der Waals surface area contributed by atoms with E-state index in [2.05, 4.69) is 30.6 Å². The number of aromatic nitrogens is 6. The maximum atomic E-state index is 6.20. The molecule has 0 aliphatic rings. The monoisotopic (exact) mass is 474 g/mol. The molecule has 0 saturated carbocycles. The number of rotatable bonds is 2. The first-order valence-electron chi connectivity index (χ1n) is 9.89. The average molecular weight is 475 g/mol. The largest absolute Gasteiger partial charge is 0.306 e. The third kappa shape index (κ3) is 4.03. The zero-order chi connectivity index (χ0) is 22.8. The van der Waals surface area contributed by atoms with E-state index in [-0.39, 0.29) is 5.15 Å². The van der Waals surface area contributed by atoms with Crippen LogP contribution in [0.25, 0.3) is 39.1 Å². The molecular weight excluding hydrogens is 459 g/mol. The summed E-state index contributed by atoms with van der Waals surface area (Å²) in [5.41, 5.74) is 7.23. The van der Waals surface area contributed by atoms with E-state index in [4.69, 9.17) is 29.0 Å². The van der Waals surface area contributed by atoms with Gasteiger partial charge < -0.3 is 5.43 Å². The Labute approximate surface area is 198 Å². The molecule has 3 N–H and O–H groups in total. The lowest BCUT2D eigenvalue weighted by Crippen LogP contribution is -2.09. The summed E-state index contributed by atoms with van der Waals surface area (Å²) >= 11 is 12.0. The van der Waals surface area contributed by atoms with Crippen LogP contribution in [-0.2, 0) is 0 Å². The van der Waals surface area contributed by atoms with Crippen molar-refractivity contribution in [3.63, 3.8) is 0 Å². The first-order chi connectivity index (χ1) is 16.2. The van der Waals surface area contributed by atoms with Crippen LogP contribution in [-0.4, -0.2) is 29.5 Å². The number of nitrogens with zero attached hydrogens (tertiary/aromatic N) is 6. The smallest absolute Gasteiger partial charge is 0.199 e. The Morgan fingerprint density at radius 3 is 2.00 bits per heavy atom. The summed E-state index contributed by atoms with van der Waals surface area (Å²) in [5.74, 6) is 6.36. The summed E-state index contributed by atoms with van der Waals surface area (Å²) in [4.78, 5) is 12.6. The highest BCUT2D eigenvalue weighted by atomic mass is 35.5. The van der Waals surface area contributed by atoms with Crippen molar-refractivity contribution >= 4 is 56.7 Å². The predicted octanol–water partition coefficient (Wildman–Crippen LogP) is 5.17. The minimum atomic E-state index is 0.279. The Bertz CT molecular complexity index is 1580. The van der Waals surface area contributed by atoms with Crippen LogP contribution in [0.3, 0.4) is 0 Å². The normalized spacial score (nSPS) is 10.9. The van der Waals surface area contributed by atoms with E-state index in [1.54, 1.807) is 0 Å². The number of hydrogen-bond donors (Lipinski definition) is 2. The lowest BCUT2D eigenvalue weighted by atomic mass is 10.2. The van der Waals surface area contributed by atoms with Crippen molar-refractivity contribution in [2.24, 2.45) is 5.84 Å². The molecule has 0 aliphatic heterocycles. The lowest BCUT2D eigenvalue weighted by Gasteiger charge is -2.05. The molecular formula is C23H16Cl2N8. The highest BCUT2D eigenvalue weighted by Crippen LogP contribution is 2.26. The second-order valence-corrected chi connectivity index (χ2v) is 7.65. The molecule has 33 heavy (non-hydrogen) atoms. The number of nitrogens with two attached hydrogens (primary N) is 1. The second-order valence-electron chi connectivity index (χ2n) is 6.94. The first-order valence-corrected chi connectivity index (χ1v) is 10.6. The average Bonchev–Trinajstić information content (AvgIpc) is 3.31. The molecule has 0 unspecified atom stereocenters. The van der Waals surface area contributed by atoms with Crippen LogP contribution in [0.15, 0.2) is 78.9 Å². The molecule has 0 atom stereocenters. The third-order valence-corrected chi connectivity index (χ3v) is 5.40. The van der Waals surface area contributed by atoms with Crippen molar-refractivity contribution in [2.45, 2.75) is 0 Å². The summed E-state index contributed by atoms with van der Waals surface area (Å²) < 4.78 is 1.94. The third-order valence-electron chi connectivity index (χ3n) is 4.89. The van der Waals surface area contributed by atoms with E-state index in [9.17, 15) is 0 Å². The summed E-state index contributed by atoms with van der Waals surface area (Å²) in [6.07, 6.45) is 0. The summed E-state index contributed by atoms with van der Waals surface area (Å²) in [6.45, 7) is 0. The molecule has 3 heterocycles. The zero-order valence-corrected chi connectivity index (χ0v) is 18.5. The number of hydrogen-bond acceptors (Lipinski definition) is 7. The Kier molecular flexibility index (Phi) is 5.70. The molecule has 0 saturated heterocycles. The molecule has 6 rings (SSSR count). The van der Waals surface area contributed by atoms with Crippen molar-refractivity contribution in [1.82, 2.24) is 29.5 Å². The summed E-state index contributed by atoms with van der Waals surface area (Å²) in [5, 5.41) is 9.07. The highest BCUT2D eigenvalue weighted by molar-refractivity contribution is 6.32. The number of anilines is 1. The van der Waals surface area contributed by atoms with Gasteiger partial charge in [0.1, 0.15) is 0 Å². The van der Waals surface area contributed by atoms with Crippen LogP contribution in [0.4, 0.5) is 5.82 Å². The van der Waals surface area contributed by atoms with E-state index < -0.39 is 0 Å². The van der Waals surface area contributed by atoms with Crippen LogP contribution in [0.1, 0.15) is 0 Å². The molecule has 0 spiro atoms. The Morgan fingerprint density at radius 1 is 0.667 bits per heavy atom. The lowest BCUT2D eigenvalue weighted by molar-refractivity contribution is 1.12. The minimum absolute atomic E-state index is 0.279. The fourth-order valence-electron chi connectivity index (χ4n) is 3.39. The van der Waals surface area contributed by atoms with Gasteiger partial charge in [-0.1, -0.05) is 77.8 Å². The first kappa shape index (κ1) is 21.0. The van der Waals surface area contributed by atoms with Gasteiger partial charge >= 0.3 is 0 Å². The maximum absolute atomic E-state index is 6.20. The van der Waals surface area contributed by atoms with Gasteiger partial charge in [0.15, 0.2) is 27.6 Å². The maximum Gasteiger partial charge on any atom is 0.199 e. The van der Waals surface area contributed by atoms with Crippen LogP contribution in [0, 0.1) is 0 Å². The number of nitrogens with one attached hydrogen (secondary N) is 1. The number of para-hydroxylation sites is 4. The van der Waals surface area contributed by atoms with Gasteiger partial charge in [-0.3, -0.25) is 4.40 Å². The van der Waals surface area contributed by atoms with Gasteiger partial charge in [-0.15, -0.1) is 10.2 Å². The van der Waals surface area contributed by atoms with Gasteiger partial charge in [-0.25, -0.2) is 20.8 Å². The van der Waals surface area contributed by atoms with Crippen LogP contribution in [0.2, 0.25) is 10.3 Å². The standard InChI is InChI=1S/C15H9ClN4.C8H7ClN4/c16-13-15-19-18-14(10-6-2-1-3-7-10)20(15)12-9-5-4-8-11(12)17-13;9-7-8(13-10)12-6-4-2-1-3-5(6)11-7/h1-9H;1-4H,10H2,(H,12,13). The number of halogens is 2. The Morgan fingerprint density at radius 2 is 1.27 bits per heavy atom. The Hall–Kier alpha value is -3.85. The fraction of sp³-hybridized carbons (Fsp3) is 0. The van der Waals surface area contributed by atoms with E-state index in [0.717, 1.165) is 33.5 Å². The molecule has 3 aromatic carbocycles. The molecule has 8 nitrogen and oxygen atoms in total. The van der Waals surface area contributed by atoms with Crippen molar-refractivity contribution < 1.29 is 0 Å². The van der Waals surface area contributed by atoms with Crippen molar-refractivity contribution in [3.8, 4) is 11.4 Å². The zero-order valence-electron chi connectivity index (χ0n) is 17.0. The van der Waals surface area contributed by atoms with Gasteiger partial charge in [0, 0.05) is 5.56 Å². The molecule has 3 aromatic heterocycles. The van der Waals surface area contributed by atoms with Gasteiger partial charge in [0.25, 0.3) is 0 Å².